The fourth-order valence-electron chi connectivity index (χ4n) is 1.91. The van der Waals surface area contributed by atoms with E-state index in [4.69, 9.17) is 9.47 Å². The van der Waals surface area contributed by atoms with Gasteiger partial charge in [0.15, 0.2) is 5.79 Å². The second-order valence-corrected chi connectivity index (χ2v) is 6.79. The molecule has 0 spiro atoms. The maximum Gasteiger partial charge on any atom is 0.194 e. The molecule has 0 saturated carbocycles. The minimum Gasteiger partial charge on any atom is -0.343 e. The highest BCUT2D eigenvalue weighted by Gasteiger charge is 2.36. The van der Waals surface area contributed by atoms with Crippen molar-refractivity contribution in [1.82, 2.24) is 0 Å². The lowest BCUT2D eigenvalue weighted by atomic mass is 10.0. The first-order valence-electron chi connectivity index (χ1n) is 5.34. The molecule has 0 bridgehead atoms. The second-order valence-electron chi connectivity index (χ2n) is 3.73. The van der Waals surface area contributed by atoms with Gasteiger partial charge in [0.1, 0.15) is 0 Å². The Morgan fingerprint density at radius 2 is 1.75 bits per heavy atom. The summed E-state index contributed by atoms with van der Waals surface area (Å²) >= 11 is 6.95. The normalized spacial score (nSPS) is 19.2. The summed E-state index contributed by atoms with van der Waals surface area (Å²) in [5.74, 6) is -0.521. The van der Waals surface area contributed by atoms with Gasteiger partial charge in [-0.2, -0.15) is 0 Å². The van der Waals surface area contributed by atoms with Crippen molar-refractivity contribution in [1.29, 1.82) is 0 Å². The van der Waals surface area contributed by atoms with Gasteiger partial charge in [-0.25, -0.2) is 0 Å². The molecule has 1 aliphatic rings. The summed E-state index contributed by atoms with van der Waals surface area (Å²) in [6, 6.07) is 8.29. The van der Waals surface area contributed by atoms with Crippen LogP contribution in [0.1, 0.15) is 28.2 Å². The molecule has 4 heteroatoms. The van der Waals surface area contributed by atoms with Crippen LogP contribution in [0.5, 0.6) is 0 Å². The first kappa shape index (κ1) is 12.6. The molecular weight excluding hydrogens is 336 g/mol. The van der Waals surface area contributed by atoms with Crippen LogP contribution >= 0.6 is 31.9 Å². The summed E-state index contributed by atoms with van der Waals surface area (Å²) in [5.41, 5.74) is 2.28. The third-order valence-corrected chi connectivity index (χ3v) is 3.88. The van der Waals surface area contributed by atoms with Crippen molar-refractivity contribution < 1.29 is 9.47 Å². The summed E-state index contributed by atoms with van der Waals surface area (Å²) in [6.07, 6.45) is 0.832. The number of halogens is 2. The van der Waals surface area contributed by atoms with Gasteiger partial charge >= 0.3 is 0 Å². The monoisotopic (exact) mass is 348 g/mol. The van der Waals surface area contributed by atoms with E-state index in [0.29, 0.717) is 13.2 Å². The van der Waals surface area contributed by atoms with E-state index in [0.717, 1.165) is 12.0 Å². The van der Waals surface area contributed by atoms with Crippen molar-refractivity contribution in [3.63, 3.8) is 0 Å². The zero-order valence-corrected chi connectivity index (χ0v) is 12.3. The Labute approximate surface area is 113 Å². The zero-order chi connectivity index (χ0) is 11.6. The van der Waals surface area contributed by atoms with Gasteiger partial charge in [0.2, 0.25) is 0 Å². The molecule has 2 nitrogen and oxygen atoms in total. The highest BCUT2D eigenvalue weighted by Crippen LogP contribution is 2.36. The maximum atomic E-state index is 5.73. The third kappa shape index (κ3) is 2.35. The lowest BCUT2D eigenvalue weighted by Gasteiger charge is -2.26. The Bertz CT molecular complexity index is 343. The van der Waals surface area contributed by atoms with Crippen molar-refractivity contribution in [2.75, 3.05) is 13.2 Å². The van der Waals surface area contributed by atoms with E-state index in [-0.39, 0.29) is 3.74 Å². The molecule has 1 aliphatic heterocycles. The minimum absolute atomic E-state index is 0.192. The molecule has 1 fully saturated rings. The van der Waals surface area contributed by atoms with Gasteiger partial charge in [0, 0.05) is 12.0 Å². The largest absolute Gasteiger partial charge is 0.343 e. The number of hydrogen-bond acceptors (Lipinski definition) is 2. The van der Waals surface area contributed by atoms with E-state index >= 15 is 0 Å². The highest BCUT2D eigenvalue weighted by atomic mass is 79.9. The van der Waals surface area contributed by atoms with Crippen LogP contribution in [0, 0.1) is 0 Å². The molecule has 0 aromatic heterocycles. The Hall–Kier alpha value is 0.1000. The topological polar surface area (TPSA) is 18.5 Å². The van der Waals surface area contributed by atoms with E-state index in [1.165, 1.54) is 5.56 Å². The smallest absolute Gasteiger partial charge is 0.194 e. The van der Waals surface area contributed by atoms with Gasteiger partial charge in [0.25, 0.3) is 0 Å². The van der Waals surface area contributed by atoms with Crippen molar-refractivity contribution in [3.05, 3.63) is 35.4 Å². The third-order valence-electron chi connectivity index (χ3n) is 2.82. The Kier molecular flexibility index (Phi) is 4.06. The summed E-state index contributed by atoms with van der Waals surface area (Å²) in [4.78, 5) is 0. The van der Waals surface area contributed by atoms with Crippen LogP contribution in [0.2, 0.25) is 0 Å². The quantitative estimate of drug-likeness (QED) is 0.765. The molecule has 0 unspecified atom stereocenters. The number of ether oxygens (including phenoxy) is 2. The summed E-state index contributed by atoms with van der Waals surface area (Å²) in [6.45, 7) is 3.43. The van der Waals surface area contributed by atoms with Gasteiger partial charge in [-0.15, -0.1) is 0 Å². The van der Waals surface area contributed by atoms with E-state index in [9.17, 15) is 0 Å². The molecule has 0 atom stereocenters. The fraction of sp³-hybridized carbons (Fsp3) is 0.500. The van der Waals surface area contributed by atoms with Crippen molar-refractivity contribution >= 4 is 31.9 Å². The average Bonchev–Trinajstić information content (AvgIpc) is 2.79. The van der Waals surface area contributed by atoms with Gasteiger partial charge in [-0.3, -0.25) is 0 Å². The Morgan fingerprint density at radius 3 is 2.19 bits per heavy atom. The van der Waals surface area contributed by atoms with Crippen LogP contribution in [-0.2, 0) is 15.3 Å². The Balaban J connectivity index is 2.26. The number of alkyl halides is 2. The van der Waals surface area contributed by atoms with Crippen LogP contribution in [-0.4, -0.2) is 13.2 Å². The predicted molar refractivity (Wildman–Crippen MR) is 70.9 cm³/mol. The summed E-state index contributed by atoms with van der Waals surface area (Å²) < 4.78 is 11.7. The molecule has 0 amide bonds. The van der Waals surface area contributed by atoms with Crippen molar-refractivity contribution in [2.24, 2.45) is 0 Å². The molecule has 1 saturated heterocycles. The van der Waals surface area contributed by atoms with Crippen LogP contribution < -0.4 is 0 Å². The molecule has 1 aromatic carbocycles. The first-order valence-corrected chi connectivity index (χ1v) is 7.17. The molecule has 0 radical (unpaired) electrons. The average molecular weight is 350 g/mol. The Morgan fingerprint density at radius 1 is 1.19 bits per heavy atom. The van der Waals surface area contributed by atoms with E-state index in [2.05, 4.69) is 63.0 Å². The maximum absolute atomic E-state index is 5.73. The van der Waals surface area contributed by atoms with Crippen LogP contribution in [0.4, 0.5) is 0 Å². The molecule has 1 aromatic rings. The van der Waals surface area contributed by atoms with Gasteiger partial charge < -0.3 is 9.47 Å². The van der Waals surface area contributed by atoms with Crippen molar-refractivity contribution in [3.8, 4) is 0 Å². The molecule has 2 rings (SSSR count). The van der Waals surface area contributed by atoms with E-state index in [1.807, 2.05) is 0 Å². The molecule has 0 aliphatic carbocycles. The van der Waals surface area contributed by atoms with Gasteiger partial charge in [-0.1, -0.05) is 63.0 Å². The van der Waals surface area contributed by atoms with Gasteiger partial charge in [-0.05, 0) is 5.56 Å². The highest BCUT2D eigenvalue weighted by molar-refractivity contribution is 9.24. The number of hydrogen-bond donors (Lipinski definition) is 0. The minimum atomic E-state index is -0.521. The lowest BCUT2D eigenvalue weighted by molar-refractivity contribution is -0.167. The van der Waals surface area contributed by atoms with Crippen molar-refractivity contribution in [2.45, 2.75) is 22.9 Å². The van der Waals surface area contributed by atoms with E-state index < -0.39 is 5.79 Å². The van der Waals surface area contributed by atoms with E-state index in [1.54, 1.807) is 0 Å². The molecule has 16 heavy (non-hydrogen) atoms. The molecule has 1 heterocycles. The molecule has 0 N–H and O–H groups in total. The number of benzene rings is 1. The lowest BCUT2D eigenvalue weighted by Crippen LogP contribution is -2.25. The standard InChI is InChI=1S/C12H14Br2O2/c1-2-12(15-7-8-16-12)10-5-3-9(4-6-10)11(13)14/h3-6,11H,2,7-8H2,1H3. The summed E-state index contributed by atoms with van der Waals surface area (Å²) in [5, 5.41) is 0. The first-order chi connectivity index (χ1) is 7.68. The van der Waals surface area contributed by atoms with Crippen LogP contribution in [0.3, 0.4) is 0 Å². The zero-order valence-electron chi connectivity index (χ0n) is 9.08. The second kappa shape index (κ2) is 5.17. The molecule has 88 valence electrons. The van der Waals surface area contributed by atoms with Gasteiger partial charge in [0.05, 0.1) is 17.0 Å². The predicted octanol–water partition coefficient (Wildman–Crippen LogP) is 4.08. The number of rotatable bonds is 3. The SMILES string of the molecule is CCC1(c2ccc(C(Br)Br)cc2)OCCO1. The fourth-order valence-corrected chi connectivity index (χ4v) is 2.52. The van der Waals surface area contributed by atoms with Crippen LogP contribution in [0.25, 0.3) is 0 Å². The van der Waals surface area contributed by atoms with Crippen LogP contribution in [0.15, 0.2) is 24.3 Å². The molecular formula is C12H14Br2O2. The summed E-state index contributed by atoms with van der Waals surface area (Å²) in [7, 11) is 0.